The smallest absolute Gasteiger partial charge is 0.243 e. The summed E-state index contributed by atoms with van der Waals surface area (Å²) < 4.78 is 0. The van der Waals surface area contributed by atoms with E-state index in [4.69, 9.17) is 5.11 Å². The van der Waals surface area contributed by atoms with Crippen molar-refractivity contribution < 1.29 is 9.90 Å². The SMILES string of the molecule is CC(CO)c1ccc2c(c1)N(C)CC(=O)N2. The van der Waals surface area contributed by atoms with E-state index in [2.05, 4.69) is 5.32 Å². The number of nitrogens with zero attached hydrogens (tertiary/aromatic N) is 1. The molecule has 1 atom stereocenters. The molecule has 0 bridgehead atoms. The van der Waals surface area contributed by atoms with Gasteiger partial charge in [0.25, 0.3) is 0 Å². The molecule has 0 saturated heterocycles. The minimum absolute atomic E-state index is 0.0120. The summed E-state index contributed by atoms with van der Waals surface area (Å²) in [6.45, 7) is 2.49. The first-order chi connectivity index (χ1) is 7.61. The van der Waals surface area contributed by atoms with E-state index in [1.165, 1.54) is 0 Å². The molecule has 0 saturated carbocycles. The van der Waals surface area contributed by atoms with Crippen LogP contribution in [0, 0.1) is 0 Å². The molecule has 1 aromatic carbocycles. The number of rotatable bonds is 2. The van der Waals surface area contributed by atoms with Crippen molar-refractivity contribution >= 4 is 17.3 Å². The second kappa shape index (κ2) is 4.14. The average Bonchev–Trinajstić information content (AvgIpc) is 2.27. The number of aliphatic hydroxyl groups is 1. The minimum atomic E-state index is 0.0120. The van der Waals surface area contributed by atoms with Gasteiger partial charge in [0.2, 0.25) is 5.91 Å². The number of aliphatic hydroxyl groups excluding tert-OH is 1. The quantitative estimate of drug-likeness (QED) is 0.786. The predicted molar refractivity (Wildman–Crippen MR) is 63.8 cm³/mol. The molecule has 0 radical (unpaired) electrons. The second-order valence-electron chi connectivity index (χ2n) is 4.26. The first kappa shape index (κ1) is 11.0. The molecule has 0 aliphatic carbocycles. The lowest BCUT2D eigenvalue weighted by atomic mass is 10.00. The number of anilines is 2. The Kier molecular flexibility index (Phi) is 2.83. The van der Waals surface area contributed by atoms with Gasteiger partial charge in [-0.3, -0.25) is 4.79 Å². The molecule has 86 valence electrons. The molecule has 1 heterocycles. The lowest BCUT2D eigenvalue weighted by Gasteiger charge is -2.28. The zero-order valence-corrected chi connectivity index (χ0v) is 9.53. The van der Waals surface area contributed by atoms with Crippen molar-refractivity contribution in [3.8, 4) is 0 Å². The van der Waals surface area contributed by atoms with Gasteiger partial charge in [0.05, 0.1) is 17.9 Å². The summed E-state index contributed by atoms with van der Waals surface area (Å²) in [5.74, 6) is 0.134. The molecule has 0 fully saturated rings. The number of fused-ring (bicyclic) bond motifs is 1. The zero-order chi connectivity index (χ0) is 11.7. The summed E-state index contributed by atoms with van der Waals surface area (Å²) in [5, 5.41) is 11.9. The van der Waals surface area contributed by atoms with Crippen LogP contribution in [0.5, 0.6) is 0 Å². The highest BCUT2D eigenvalue weighted by molar-refractivity contribution is 6.01. The van der Waals surface area contributed by atoms with Crippen molar-refractivity contribution in [2.75, 3.05) is 30.4 Å². The third-order valence-electron chi connectivity index (χ3n) is 2.93. The van der Waals surface area contributed by atoms with Crippen LogP contribution >= 0.6 is 0 Å². The Morgan fingerprint density at radius 3 is 3.00 bits per heavy atom. The summed E-state index contributed by atoms with van der Waals surface area (Å²) >= 11 is 0. The van der Waals surface area contributed by atoms with Gasteiger partial charge in [-0.05, 0) is 17.7 Å². The van der Waals surface area contributed by atoms with E-state index in [1.54, 1.807) is 0 Å². The predicted octanol–water partition coefficient (Wildman–Crippen LogP) is 1.17. The van der Waals surface area contributed by atoms with E-state index in [9.17, 15) is 4.79 Å². The maximum absolute atomic E-state index is 11.3. The first-order valence-electron chi connectivity index (χ1n) is 5.37. The van der Waals surface area contributed by atoms with Crippen LogP contribution in [0.1, 0.15) is 18.4 Å². The van der Waals surface area contributed by atoms with Crippen molar-refractivity contribution in [1.82, 2.24) is 0 Å². The van der Waals surface area contributed by atoms with Crippen LogP contribution < -0.4 is 10.2 Å². The fraction of sp³-hybridized carbons (Fsp3) is 0.417. The lowest BCUT2D eigenvalue weighted by molar-refractivity contribution is -0.115. The minimum Gasteiger partial charge on any atom is -0.396 e. The normalized spacial score (nSPS) is 16.7. The topological polar surface area (TPSA) is 52.6 Å². The van der Waals surface area contributed by atoms with Gasteiger partial charge in [-0.1, -0.05) is 13.0 Å². The highest BCUT2D eigenvalue weighted by Gasteiger charge is 2.19. The van der Waals surface area contributed by atoms with Crippen molar-refractivity contribution in [3.05, 3.63) is 23.8 Å². The molecule has 1 aliphatic rings. The van der Waals surface area contributed by atoms with E-state index >= 15 is 0 Å². The molecular formula is C12H16N2O2. The van der Waals surface area contributed by atoms with Crippen LogP contribution in [0.4, 0.5) is 11.4 Å². The summed E-state index contributed by atoms with van der Waals surface area (Å²) in [6.07, 6.45) is 0. The van der Waals surface area contributed by atoms with Crippen LogP contribution in [0.3, 0.4) is 0 Å². The van der Waals surface area contributed by atoms with E-state index < -0.39 is 0 Å². The Hall–Kier alpha value is -1.55. The number of hydrogen-bond acceptors (Lipinski definition) is 3. The van der Waals surface area contributed by atoms with Crippen LogP contribution in [-0.4, -0.2) is 31.2 Å². The molecule has 1 aliphatic heterocycles. The average molecular weight is 220 g/mol. The second-order valence-corrected chi connectivity index (χ2v) is 4.26. The monoisotopic (exact) mass is 220 g/mol. The van der Waals surface area contributed by atoms with Gasteiger partial charge in [-0.25, -0.2) is 0 Å². The van der Waals surface area contributed by atoms with Crippen molar-refractivity contribution in [2.24, 2.45) is 0 Å². The molecule has 0 aromatic heterocycles. The van der Waals surface area contributed by atoms with Crippen LogP contribution in [0.2, 0.25) is 0 Å². The fourth-order valence-corrected chi connectivity index (χ4v) is 1.87. The summed E-state index contributed by atoms with van der Waals surface area (Å²) in [5.41, 5.74) is 2.94. The molecule has 0 spiro atoms. The molecule has 2 N–H and O–H groups in total. The van der Waals surface area contributed by atoms with Gasteiger partial charge in [-0.2, -0.15) is 0 Å². The number of nitrogens with one attached hydrogen (secondary N) is 1. The summed E-state index contributed by atoms with van der Waals surface area (Å²) in [4.78, 5) is 13.2. The molecule has 2 rings (SSSR count). The van der Waals surface area contributed by atoms with Crippen LogP contribution in [0.25, 0.3) is 0 Å². The number of likely N-dealkylation sites (N-methyl/N-ethyl adjacent to an activating group) is 1. The highest BCUT2D eigenvalue weighted by Crippen LogP contribution is 2.31. The number of hydrogen-bond donors (Lipinski definition) is 2. The maximum atomic E-state index is 11.3. The third kappa shape index (κ3) is 1.88. The summed E-state index contributed by atoms with van der Waals surface area (Å²) in [7, 11) is 1.89. The Balaban J connectivity index is 2.38. The lowest BCUT2D eigenvalue weighted by Crippen LogP contribution is -2.35. The standard InChI is InChI=1S/C12H16N2O2/c1-8(7-15)9-3-4-10-11(5-9)14(2)6-12(16)13-10/h3-5,8,15H,6-7H2,1-2H3,(H,13,16). The molecule has 1 aromatic rings. The van der Waals surface area contributed by atoms with Gasteiger partial charge in [0.1, 0.15) is 0 Å². The van der Waals surface area contributed by atoms with Crippen LogP contribution in [-0.2, 0) is 4.79 Å². The maximum Gasteiger partial charge on any atom is 0.243 e. The Morgan fingerprint density at radius 2 is 2.31 bits per heavy atom. The van der Waals surface area contributed by atoms with Gasteiger partial charge in [0.15, 0.2) is 0 Å². The van der Waals surface area contributed by atoms with Gasteiger partial charge >= 0.3 is 0 Å². The Labute approximate surface area is 94.9 Å². The van der Waals surface area contributed by atoms with Gasteiger partial charge < -0.3 is 15.3 Å². The summed E-state index contributed by atoms with van der Waals surface area (Å²) in [6, 6.07) is 5.86. The Morgan fingerprint density at radius 1 is 1.56 bits per heavy atom. The van der Waals surface area contributed by atoms with E-state index in [0.29, 0.717) is 6.54 Å². The van der Waals surface area contributed by atoms with Crippen molar-refractivity contribution in [1.29, 1.82) is 0 Å². The van der Waals surface area contributed by atoms with E-state index in [1.807, 2.05) is 37.1 Å². The third-order valence-corrected chi connectivity index (χ3v) is 2.93. The molecule has 4 nitrogen and oxygen atoms in total. The van der Waals surface area contributed by atoms with Crippen molar-refractivity contribution in [2.45, 2.75) is 12.8 Å². The van der Waals surface area contributed by atoms with Crippen molar-refractivity contribution in [3.63, 3.8) is 0 Å². The number of carbonyl (C=O) groups excluding carboxylic acids is 1. The number of benzene rings is 1. The molecule has 1 amide bonds. The molecule has 4 heteroatoms. The fourth-order valence-electron chi connectivity index (χ4n) is 1.87. The number of amides is 1. The van der Waals surface area contributed by atoms with Crippen LogP contribution in [0.15, 0.2) is 18.2 Å². The van der Waals surface area contributed by atoms with E-state index in [0.717, 1.165) is 16.9 Å². The number of carbonyl (C=O) groups is 1. The first-order valence-corrected chi connectivity index (χ1v) is 5.37. The van der Waals surface area contributed by atoms with Gasteiger partial charge in [-0.15, -0.1) is 0 Å². The molecular weight excluding hydrogens is 204 g/mol. The molecule has 1 unspecified atom stereocenters. The largest absolute Gasteiger partial charge is 0.396 e. The molecule has 16 heavy (non-hydrogen) atoms. The van der Waals surface area contributed by atoms with Gasteiger partial charge in [0, 0.05) is 19.6 Å². The Bertz CT molecular complexity index is 417. The zero-order valence-electron chi connectivity index (χ0n) is 9.53. The highest BCUT2D eigenvalue weighted by atomic mass is 16.3. The van der Waals surface area contributed by atoms with E-state index in [-0.39, 0.29) is 18.4 Å².